The van der Waals surface area contributed by atoms with E-state index in [0.29, 0.717) is 6.54 Å². The second-order valence-electron chi connectivity index (χ2n) is 6.84. The fraction of sp³-hybridized carbons (Fsp3) is 0.364. The average Bonchev–Trinajstić information content (AvgIpc) is 2.72. The maximum atomic E-state index is 4.88. The number of aromatic nitrogens is 1. The van der Waals surface area contributed by atoms with Gasteiger partial charge in [0, 0.05) is 45.5 Å². The van der Waals surface area contributed by atoms with Crippen LogP contribution in [-0.4, -0.2) is 49.6 Å². The van der Waals surface area contributed by atoms with Crippen LogP contribution in [0.1, 0.15) is 24.5 Å². The summed E-state index contributed by atoms with van der Waals surface area (Å²) in [6.07, 6.45) is 5.18. The highest BCUT2D eigenvalue weighted by molar-refractivity contribution is 14.0. The molecule has 2 heterocycles. The van der Waals surface area contributed by atoms with E-state index < -0.39 is 0 Å². The number of hydrogen-bond acceptors (Lipinski definition) is 3. The number of aliphatic imine (C=N–C) groups is 1. The molecular formula is C22H30IN5. The first-order valence-corrected chi connectivity index (χ1v) is 9.58. The lowest BCUT2D eigenvalue weighted by Crippen LogP contribution is -2.43. The van der Waals surface area contributed by atoms with Crippen LogP contribution in [0.5, 0.6) is 0 Å². The maximum Gasteiger partial charge on any atom is 0.194 e. The number of anilines is 1. The van der Waals surface area contributed by atoms with Crippen molar-refractivity contribution in [2.24, 2.45) is 4.99 Å². The van der Waals surface area contributed by atoms with E-state index in [2.05, 4.69) is 64.6 Å². The SMILES string of the molecule is CCNC(=NCc1cccnc1N(C)C)N1CC=C(c2ccccc2)CC1.I. The molecule has 1 aromatic heterocycles. The molecule has 5 nitrogen and oxygen atoms in total. The van der Waals surface area contributed by atoms with E-state index >= 15 is 0 Å². The Bertz CT molecular complexity index is 802. The lowest BCUT2D eigenvalue weighted by molar-refractivity contribution is 0.440. The molecule has 0 unspecified atom stereocenters. The number of benzene rings is 1. The molecule has 0 spiro atoms. The third-order valence-corrected chi connectivity index (χ3v) is 4.68. The summed E-state index contributed by atoms with van der Waals surface area (Å²) in [6.45, 7) is 5.44. The van der Waals surface area contributed by atoms with Gasteiger partial charge in [0.15, 0.2) is 5.96 Å². The number of nitrogens with one attached hydrogen (secondary N) is 1. The minimum atomic E-state index is 0. The third kappa shape index (κ3) is 5.70. The van der Waals surface area contributed by atoms with E-state index in [0.717, 1.165) is 43.4 Å². The van der Waals surface area contributed by atoms with Gasteiger partial charge in [0.1, 0.15) is 5.82 Å². The lowest BCUT2D eigenvalue weighted by Gasteiger charge is -2.30. The van der Waals surface area contributed by atoms with Gasteiger partial charge >= 0.3 is 0 Å². The molecule has 0 atom stereocenters. The largest absolute Gasteiger partial charge is 0.362 e. The minimum Gasteiger partial charge on any atom is -0.362 e. The zero-order valence-corrected chi connectivity index (χ0v) is 19.3. The topological polar surface area (TPSA) is 43.8 Å². The predicted molar refractivity (Wildman–Crippen MR) is 129 cm³/mol. The number of halogens is 1. The Balaban J connectivity index is 0.00000280. The van der Waals surface area contributed by atoms with E-state index in [4.69, 9.17) is 4.99 Å². The number of rotatable bonds is 5. The molecule has 28 heavy (non-hydrogen) atoms. The van der Waals surface area contributed by atoms with Crippen LogP contribution in [0.15, 0.2) is 59.7 Å². The van der Waals surface area contributed by atoms with E-state index in [9.17, 15) is 0 Å². The molecule has 1 aliphatic rings. The van der Waals surface area contributed by atoms with Crippen molar-refractivity contribution >= 4 is 41.3 Å². The zero-order chi connectivity index (χ0) is 19.1. The number of pyridine rings is 1. The van der Waals surface area contributed by atoms with Gasteiger partial charge in [-0.25, -0.2) is 9.98 Å². The molecule has 0 bridgehead atoms. The zero-order valence-electron chi connectivity index (χ0n) is 16.9. The first-order chi connectivity index (χ1) is 13.2. The Hall–Kier alpha value is -2.09. The Kier molecular flexibility index (Phi) is 8.76. The fourth-order valence-electron chi connectivity index (χ4n) is 3.32. The molecule has 150 valence electrons. The molecule has 2 aromatic rings. The van der Waals surface area contributed by atoms with Gasteiger partial charge in [-0.05, 0) is 30.5 Å². The summed E-state index contributed by atoms with van der Waals surface area (Å²) in [4.78, 5) is 13.7. The molecule has 0 saturated carbocycles. The summed E-state index contributed by atoms with van der Waals surface area (Å²) in [7, 11) is 4.03. The quantitative estimate of drug-likeness (QED) is 0.390. The van der Waals surface area contributed by atoms with Crippen molar-refractivity contribution in [1.29, 1.82) is 0 Å². The Morgan fingerprint density at radius 2 is 1.96 bits per heavy atom. The molecular weight excluding hydrogens is 461 g/mol. The van der Waals surface area contributed by atoms with Gasteiger partial charge in [0.05, 0.1) is 6.54 Å². The van der Waals surface area contributed by atoms with Gasteiger partial charge in [0.25, 0.3) is 0 Å². The molecule has 0 radical (unpaired) electrons. The molecule has 0 amide bonds. The van der Waals surface area contributed by atoms with Gasteiger partial charge in [-0.3, -0.25) is 0 Å². The van der Waals surface area contributed by atoms with Crippen LogP contribution in [0.2, 0.25) is 0 Å². The summed E-state index contributed by atoms with van der Waals surface area (Å²) >= 11 is 0. The normalized spacial score (nSPS) is 14.2. The second-order valence-corrected chi connectivity index (χ2v) is 6.84. The predicted octanol–water partition coefficient (Wildman–Crippen LogP) is 4.02. The highest BCUT2D eigenvalue weighted by Gasteiger charge is 2.16. The van der Waals surface area contributed by atoms with E-state index in [1.165, 1.54) is 11.1 Å². The summed E-state index contributed by atoms with van der Waals surface area (Å²) < 4.78 is 0. The maximum absolute atomic E-state index is 4.88. The number of nitrogens with zero attached hydrogens (tertiary/aromatic N) is 4. The molecule has 1 N–H and O–H groups in total. The van der Waals surface area contributed by atoms with Crippen LogP contribution < -0.4 is 10.2 Å². The van der Waals surface area contributed by atoms with Gasteiger partial charge < -0.3 is 15.1 Å². The summed E-state index contributed by atoms with van der Waals surface area (Å²) in [5.74, 6) is 1.94. The summed E-state index contributed by atoms with van der Waals surface area (Å²) in [6, 6.07) is 14.7. The Morgan fingerprint density at radius 1 is 1.18 bits per heavy atom. The van der Waals surface area contributed by atoms with Crippen molar-refractivity contribution in [2.45, 2.75) is 19.9 Å². The fourth-order valence-corrected chi connectivity index (χ4v) is 3.32. The van der Waals surface area contributed by atoms with Crippen LogP contribution in [-0.2, 0) is 6.54 Å². The highest BCUT2D eigenvalue weighted by atomic mass is 127. The Morgan fingerprint density at radius 3 is 2.61 bits per heavy atom. The molecule has 0 aliphatic carbocycles. The van der Waals surface area contributed by atoms with Crippen molar-refractivity contribution in [2.75, 3.05) is 38.6 Å². The van der Waals surface area contributed by atoms with Crippen LogP contribution in [0.4, 0.5) is 5.82 Å². The first-order valence-electron chi connectivity index (χ1n) is 9.58. The molecule has 3 rings (SSSR count). The van der Waals surface area contributed by atoms with Gasteiger partial charge in [-0.1, -0.05) is 42.5 Å². The third-order valence-electron chi connectivity index (χ3n) is 4.68. The molecule has 0 fully saturated rings. The molecule has 1 aromatic carbocycles. The van der Waals surface area contributed by atoms with Crippen LogP contribution in [0, 0.1) is 0 Å². The standard InChI is InChI=1S/C22H29N5.HI/c1-4-23-22(25-17-20-11-8-14-24-21(20)26(2)3)27-15-12-19(13-16-27)18-9-6-5-7-10-18;/h5-12,14H,4,13,15-17H2,1-3H3,(H,23,25);1H. The van der Waals surface area contributed by atoms with Crippen molar-refractivity contribution in [3.63, 3.8) is 0 Å². The van der Waals surface area contributed by atoms with Gasteiger partial charge in [-0.15, -0.1) is 24.0 Å². The second kappa shape index (κ2) is 11.0. The summed E-state index contributed by atoms with van der Waals surface area (Å²) in [5, 5.41) is 3.44. The van der Waals surface area contributed by atoms with Crippen molar-refractivity contribution in [1.82, 2.24) is 15.2 Å². The molecule has 6 heteroatoms. The first kappa shape index (κ1) is 22.2. The van der Waals surface area contributed by atoms with Crippen molar-refractivity contribution < 1.29 is 0 Å². The average molecular weight is 491 g/mol. The van der Waals surface area contributed by atoms with Crippen LogP contribution in [0.25, 0.3) is 5.57 Å². The van der Waals surface area contributed by atoms with Crippen LogP contribution >= 0.6 is 24.0 Å². The lowest BCUT2D eigenvalue weighted by atomic mass is 10.00. The van der Waals surface area contributed by atoms with Crippen molar-refractivity contribution in [3.8, 4) is 0 Å². The Labute approximate surface area is 185 Å². The monoisotopic (exact) mass is 491 g/mol. The van der Waals surface area contributed by atoms with E-state index in [1.807, 2.05) is 31.3 Å². The van der Waals surface area contributed by atoms with Crippen molar-refractivity contribution in [3.05, 3.63) is 65.9 Å². The van der Waals surface area contributed by atoms with E-state index in [-0.39, 0.29) is 24.0 Å². The minimum absolute atomic E-state index is 0. The molecule has 1 aliphatic heterocycles. The van der Waals surface area contributed by atoms with Gasteiger partial charge in [-0.2, -0.15) is 0 Å². The molecule has 0 saturated heterocycles. The highest BCUT2D eigenvalue weighted by Crippen LogP contribution is 2.22. The summed E-state index contributed by atoms with van der Waals surface area (Å²) in [5.41, 5.74) is 3.88. The van der Waals surface area contributed by atoms with Crippen LogP contribution in [0.3, 0.4) is 0 Å². The number of guanidine groups is 1. The number of hydrogen-bond donors (Lipinski definition) is 1. The van der Waals surface area contributed by atoms with E-state index in [1.54, 1.807) is 0 Å². The smallest absolute Gasteiger partial charge is 0.194 e. The van der Waals surface area contributed by atoms with Gasteiger partial charge in [0.2, 0.25) is 0 Å².